The van der Waals surface area contributed by atoms with Crippen molar-refractivity contribution in [2.45, 2.75) is 71.5 Å². The number of ether oxygens (including phenoxy) is 2. The lowest BCUT2D eigenvalue weighted by molar-refractivity contribution is -0.143. The highest BCUT2D eigenvalue weighted by Gasteiger charge is 2.31. The van der Waals surface area contributed by atoms with Crippen LogP contribution in [0.1, 0.15) is 57.7 Å². The molecule has 0 aliphatic rings. The fraction of sp³-hybridized carbons (Fsp3) is 0.394. The van der Waals surface area contributed by atoms with Crippen LogP contribution in [0.15, 0.2) is 78.9 Å². The van der Waals surface area contributed by atoms with Crippen LogP contribution in [0.3, 0.4) is 0 Å². The number of hydrogen-bond acceptors (Lipinski definition) is 4. The molecule has 0 aliphatic carbocycles. The average molecular weight is 531 g/mol. The third-order valence-electron chi connectivity index (χ3n) is 6.84. The summed E-state index contributed by atoms with van der Waals surface area (Å²) in [7, 11) is 1.61. The molecule has 3 aromatic carbocycles. The van der Waals surface area contributed by atoms with Gasteiger partial charge in [0.05, 0.1) is 7.11 Å². The number of benzene rings is 3. The number of methoxy groups -OCH3 is 1. The van der Waals surface area contributed by atoms with Crippen LogP contribution < -0.4 is 14.8 Å². The molecule has 208 valence electrons. The first-order valence-corrected chi connectivity index (χ1v) is 13.6. The number of hydrogen-bond donors (Lipinski definition) is 1. The molecule has 0 saturated carbocycles. The average Bonchev–Trinajstić information content (AvgIpc) is 2.93. The lowest BCUT2D eigenvalue weighted by atomic mass is 9.87. The first-order valence-electron chi connectivity index (χ1n) is 13.6. The maximum Gasteiger partial charge on any atom is 0.261 e. The molecule has 0 radical (unpaired) electrons. The number of nitrogens with zero attached hydrogens (tertiary/aromatic N) is 1. The Morgan fingerprint density at radius 2 is 1.56 bits per heavy atom. The Bertz CT molecular complexity index is 1200. The third kappa shape index (κ3) is 8.88. The Labute approximate surface area is 233 Å². The van der Waals surface area contributed by atoms with Crippen molar-refractivity contribution in [2.75, 3.05) is 13.7 Å². The lowest BCUT2D eigenvalue weighted by Gasteiger charge is -2.32. The van der Waals surface area contributed by atoms with Gasteiger partial charge in [-0.05, 0) is 59.7 Å². The number of nitrogens with one attached hydrogen (secondary N) is 1. The van der Waals surface area contributed by atoms with E-state index in [0.717, 1.165) is 17.5 Å². The van der Waals surface area contributed by atoms with E-state index in [-0.39, 0.29) is 36.4 Å². The maximum absolute atomic E-state index is 13.8. The van der Waals surface area contributed by atoms with Gasteiger partial charge in [0.2, 0.25) is 5.91 Å². The molecule has 6 nitrogen and oxygen atoms in total. The van der Waals surface area contributed by atoms with Gasteiger partial charge in [-0.15, -0.1) is 0 Å². The van der Waals surface area contributed by atoms with E-state index in [4.69, 9.17) is 9.47 Å². The molecule has 0 unspecified atom stereocenters. The highest BCUT2D eigenvalue weighted by atomic mass is 16.5. The second kappa shape index (κ2) is 13.8. The Hall–Kier alpha value is -3.80. The summed E-state index contributed by atoms with van der Waals surface area (Å²) in [5, 5.41) is 3.09. The Balaban J connectivity index is 1.90. The molecule has 0 bridgehead atoms. The molecule has 3 aromatic rings. The van der Waals surface area contributed by atoms with E-state index in [1.165, 1.54) is 5.56 Å². The number of carbonyl (C=O) groups is 2. The van der Waals surface area contributed by atoms with E-state index in [2.05, 4.69) is 26.1 Å². The zero-order valence-corrected chi connectivity index (χ0v) is 24.1. The van der Waals surface area contributed by atoms with Crippen LogP contribution in [0.5, 0.6) is 11.5 Å². The summed E-state index contributed by atoms with van der Waals surface area (Å²) in [5.41, 5.74) is 3.05. The van der Waals surface area contributed by atoms with Gasteiger partial charge in [0.1, 0.15) is 17.5 Å². The zero-order valence-electron chi connectivity index (χ0n) is 24.1. The molecule has 3 rings (SSSR count). The van der Waals surface area contributed by atoms with E-state index in [9.17, 15) is 9.59 Å². The molecule has 2 atom stereocenters. The SMILES string of the molecule is CC[C@H](C)NC(=O)[C@H](Cc1ccccc1)N(Cc1cccc(OC)c1)C(=O)COc1ccc(C(C)(C)C)cc1. The lowest BCUT2D eigenvalue weighted by Crippen LogP contribution is -2.53. The molecule has 2 amide bonds. The van der Waals surface area contributed by atoms with E-state index in [0.29, 0.717) is 17.9 Å². The van der Waals surface area contributed by atoms with Gasteiger partial charge in [-0.2, -0.15) is 0 Å². The van der Waals surface area contributed by atoms with E-state index in [1.54, 1.807) is 12.0 Å². The Morgan fingerprint density at radius 3 is 2.18 bits per heavy atom. The smallest absolute Gasteiger partial charge is 0.261 e. The van der Waals surface area contributed by atoms with Crippen molar-refractivity contribution in [3.8, 4) is 11.5 Å². The topological polar surface area (TPSA) is 67.9 Å². The Kier molecular flexibility index (Phi) is 10.6. The summed E-state index contributed by atoms with van der Waals surface area (Å²) >= 11 is 0. The normalized spacial score (nSPS) is 12.8. The van der Waals surface area contributed by atoms with Gasteiger partial charge in [0, 0.05) is 19.0 Å². The summed E-state index contributed by atoms with van der Waals surface area (Å²) in [6.45, 7) is 10.5. The second-order valence-corrected chi connectivity index (χ2v) is 11.0. The van der Waals surface area contributed by atoms with Crippen LogP contribution in [-0.4, -0.2) is 42.5 Å². The minimum Gasteiger partial charge on any atom is -0.497 e. The maximum atomic E-state index is 13.8. The molecule has 0 aromatic heterocycles. The predicted molar refractivity (Wildman–Crippen MR) is 156 cm³/mol. The van der Waals surface area contributed by atoms with Crippen molar-refractivity contribution in [3.63, 3.8) is 0 Å². The van der Waals surface area contributed by atoms with Crippen molar-refractivity contribution in [2.24, 2.45) is 0 Å². The van der Waals surface area contributed by atoms with Crippen molar-refractivity contribution < 1.29 is 19.1 Å². The van der Waals surface area contributed by atoms with Crippen LogP contribution in [-0.2, 0) is 28.0 Å². The molecular formula is C33H42N2O4. The summed E-state index contributed by atoms with van der Waals surface area (Å²) in [6, 6.07) is 24.4. The third-order valence-corrected chi connectivity index (χ3v) is 6.84. The fourth-order valence-corrected chi connectivity index (χ4v) is 4.24. The van der Waals surface area contributed by atoms with E-state index in [1.807, 2.05) is 92.7 Å². The van der Waals surface area contributed by atoms with Crippen LogP contribution >= 0.6 is 0 Å². The van der Waals surface area contributed by atoms with Gasteiger partial charge in [0.15, 0.2) is 6.61 Å². The first kappa shape index (κ1) is 29.8. The van der Waals surface area contributed by atoms with Gasteiger partial charge >= 0.3 is 0 Å². The highest BCUT2D eigenvalue weighted by molar-refractivity contribution is 5.88. The quantitative estimate of drug-likeness (QED) is 0.315. The molecule has 39 heavy (non-hydrogen) atoms. The largest absolute Gasteiger partial charge is 0.497 e. The van der Waals surface area contributed by atoms with Gasteiger partial charge in [0.25, 0.3) is 5.91 Å². The predicted octanol–water partition coefficient (Wildman–Crippen LogP) is 5.93. The van der Waals surface area contributed by atoms with Crippen LogP contribution in [0.25, 0.3) is 0 Å². The van der Waals surface area contributed by atoms with Crippen molar-refractivity contribution in [1.29, 1.82) is 0 Å². The van der Waals surface area contributed by atoms with Crippen molar-refractivity contribution in [3.05, 3.63) is 95.6 Å². The first-order chi connectivity index (χ1) is 18.6. The zero-order chi connectivity index (χ0) is 28.4. The molecule has 0 fully saturated rings. The van der Waals surface area contributed by atoms with Gasteiger partial charge in [-0.25, -0.2) is 0 Å². The van der Waals surface area contributed by atoms with E-state index >= 15 is 0 Å². The number of carbonyl (C=O) groups excluding carboxylic acids is 2. The molecule has 1 N–H and O–H groups in total. The minimum atomic E-state index is -0.716. The Morgan fingerprint density at radius 1 is 0.897 bits per heavy atom. The molecule has 0 heterocycles. The summed E-state index contributed by atoms with van der Waals surface area (Å²) < 4.78 is 11.3. The van der Waals surface area contributed by atoms with Gasteiger partial charge < -0.3 is 19.7 Å². The highest BCUT2D eigenvalue weighted by Crippen LogP contribution is 2.25. The molecule has 0 saturated heterocycles. The summed E-state index contributed by atoms with van der Waals surface area (Å²) in [5.74, 6) is 0.858. The van der Waals surface area contributed by atoms with Crippen molar-refractivity contribution >= 4 is 11.8 Å². The van der Waals surface area contributed by atoms with Crippen molar-refractivity contribution in [1.82, 2.24) is 10.2 Å². The monoisotopic (exact) mass is 530 g/mol. The molecule has 0 spiro atoms. The van der Waals surface area contributed by atoms with Crippen LogP contribution in [0.2, 0.25) is 0 Å². The molecule has 6 heteroatoms. The number of amides is 2. The van der Waals surface area contributed by atoms with E-state index < -0.39 is 6.04 Å². The summed E-state index contributed by atoms with van der Waals surface area (Å²) in [6.07, 6.45) is 1.18. The van der Waals surface area contributed by atoms with Crippen LogP contribution in [0, 0.1) is 0 Å². The fourth-order valence-electron chi connectivity index (χ4n) is 4.24. The van der Waals surface area contributed by atoms with Gasteiger partial charge in [-0.1, -0.05) is 82.3 Å². The molecule has 0 aliphatic heterocycles. The summed E-state index contributed by atoms with van der Waals surface area (Å²) in [4.78, 5) is 29.0. The van der Waals surface area contributed by atoms with Crippen LogP contribution in [0.4, 0.5) is 0 Å². The van der Waals surface area contributed by atoms with Gasteiger partial charge in [-0.3, -0.25) is 9.59 Å². The molecular weight excluding hydrogens is 488 g/mol. The minimum absolute atomic E-state index is 0.0119. The second-order valence-electron chi connectivity index (χ2n) is 11.0. The number of rotatable bonds is 12. The standard InChI is InChI=1S/C33H42N2O4/c1-7-24(2)34-32(37)30(21-25-12-9-8-10-13-25)35(22-26-14-11-15-29(20-26)38-6)31(36)23-39-28-18-16-27(17-19-28)33(3,4)5/h8-20,24,30H,7,21-23H2,1-6H3,(H,34,37)/t24-,30-/m0/s1.